The minimum Gasteiger partial charge on any atom is -0.321 e. The van der Waals surface area contributed by atoms with E-state index in [0.29, 0.717) is 16.4 Å². The van der Waals surface area contributed by atoms with Crippen LogP contribution in [0.25, 0.3) is 28.1 Å². The number of rotatable bonds is 5. The van der Waals surface area contributed by atoms with E-state index in [1.165, 1.54) is 0 Å². The number of halogens is 1. The molecule has 1 heterocycles. The summed E-state index contributed by atoms with van der Waals surface area (Å²) in [6.45, 7) is 0. The van der Waals surface area contributed by atoms with Crippen molar-refractivity contribution in [3.05, 3.63) is 126 Å². The molecule has 0 radical (unpaired) electrons. The third kappa shape index (κ3) is 4.56. The first-order chi connectivity index (χ1) is 16.2. The van der Waals surface area contributed by atoms with Gasteiger partial charge in [-0.15, -0.1) is 0 Å². The van der Waals surface area contributed by atoms with Gasteiger partial charge in [-0.3, -0.25) is 4.79 Å². The first kappa shape index (κ1) is 20.7. The molecule has 1 aromatic heterocycles. The van der Waals surface area contributed by atoms with Crippen molar-refractivity contribution in [2.24, 2.45) is 0 Å². The minimum atomic E-state index is -0.283. The van der Waals surface area contributed by atoms with Gasteiger partial charge >= 0.3 is 0 Å². The molecule has 0 aliphatic heterocycles. The van der Waals surface area contributed by atoms with E-state index in [0.717, 1.165) is 28.1 Å². The molecule has 5 heteroatoms. The van der Waals surface area contributed by atoms with E-state index < -0.39 is 0 Å². The van der Waals surface area contributed by atoms with E-state index in [2.05, 4.69) is 46.8 Å². The third-order valence-electron chi connectivity index (χ3n) is 5.33. The van der Waals surface area contributed by atoms with Crippen LogP contribution in [0.5, 0.6) is 0 Å². The number of nitrogens with one attached hydrogen (secondary N) is 1. The molecule has 4 nitrogen and oxygen atoms in total. The summed E-state index contributed by atoms with van der Waals surface area (Å²) in [5.41, 5.74) is 5.96. The van der Waals surface area contributed by atoms with Gasteiger partial charge in [-0.05, 0) is 53.6 Å². The summed E-state index contributed by atoms with van der Waals surface area (Å²) >= 11 is 5.95. The van der Waals surface area contributed by atoms with Gasteiger partial charge in [0, 0.05) is 16.3 Å². The van der Waals surface area contributed by atoms with E-state index in [1.807, 2.05) is 54.6 Å². The number of hydrogen-bond donors (Lipinski definition) is 1. The van der Waals surface area contributed by atoms with E-state index in [4.69, 9.17) is 11.6 Å². The van der Waals surface area contributed by atoms with Crippen molar-refractivity contribution in [1.82, 2.24) is 9.78 Å². The van der Waals surface area contributed by atoms with Gasteiger partial charge in [0.05, 0.1) is 11.4 Å². The van der Waals surface area contributed by atoms with Crippen LogP contribution >= 0.6 is 11.6 Å². The Kier molecular flexibility index (Phi) is 5.75. The molecule has 0 unspecified atom stereocenters. The van der Waals surface area contributed by atoms with Gasteiger partial charge < -0.3 is 5.32 Å². The maximum atomic E-state index is 12.9. The van der Waals surface area contributed by atoms with Gasteiger partial charge in [0.15, 0.2) is 5.69 Å². The third-order valence-corrected chi connectivity index (χ3v) is 5.58. The topological polar surface area (TPSA) is 46.9 Å². The van der Waals surface area contributed by atoms with Crippen molar-refractivity contribution in [2.45, 2.75) is 0 Å². The first-order valence-corrected chi connectivity index (χ1v) is 10.9. The Morgan fingerprint density at radius 2 is 1.27 bits per heavy atom. The lowest BCUT2D eigenvalue weighted by atomic mass is 10.0. The van der Waals surface area contributed by atoms with Gasteiger partial charge in [0.2, 0.25) is 0 Å². The Labute approximate surface area is 197 Å². The van der Waals surface area contributed by atoms with Crippen LogP contribution in [0.2, 0.25) is 5.02 Å². The second kappa shape index (κ2) is 9.15. The Bertz CT molecular complexity index is 1380. The van der Waals surface area contributed by atoms with E-state index >= 15 is 0 Å². The van der Waals surface area contributed by atoms with Crippen molar-refractivity contribution >= 4 is 23.2 Å². The second-order valence-electron chi connectivity index (χ2n) is 7.57. The number of carbonyl (C=O) groups excluding carboxylic acids is 1. The van der Waals surface area contributed by atoms with Gasteiger partial charge in [-0.1, -0.05) is 84.4 Å². The largest absolute Gasteiger partial charge is 0.321 e. The highest BCUT2D eigenvalue weighted by Gasteiger charge is 2.17. The number of benzene rings is 4. The van der Waals surface area contributed by atoms with Gasteiger partial charge in [-0.25, -0.2) is 4.68 Å². The van der Waals surface area contributed by atoms with Gasteiger partial charge in [-0.2, -0.15) is 5.10 Å². The summed E-state index contributed by atoms with van der Waals surface area (Å²) in [6, 6.07) is 37.1. The summed E-state index contributed by atoms with van der Waals surface area (Å²) in [7, 11) is 0. The number of para-hydroxylation sites is 1. The standard InChI is InChI=1S/C28H20ClN3O/c29-23-15-17-24(18-16-23)30-28(33)26-19-27(32(31-26)25-9-5-2-6-10-25)22-13-11-21(12-14-22)20-7-3-1-4-8-20/h1-19H,(H,30,33). The zero-order valence-corrected chi connectivity index (χ0v) is 18.4. The van der Waals surface area contributed by atoms with Crippen LogP contribution in [0.3, 0.4) is 0 Å². The molecule has 5 aromatic rings. The van der Waals surface area contributed by atoms with Crippen LogP contribution in [-0.4, -0.2) is 15.7 Å². The SMILES string of the molecule is O=C(Nc1ccc(Cl)cc1)c1cc(-c2ccc(-c3ccccc3)cc2)n(-c2ccccc2)n1. The lowest BCUT2D eigenvalue weighted by Gasteiger charge is -2.08. The molecule has 1 N–H and O–H groups in total. The number of carbonyl (C=O) groups is 1. The molecule has 0 saturated carbocycles. The highest BCUT2D eigenvalue weighted by molar-refractivity contribution is 6.30. The monoisotopic (exact) mass is 449 g/mol. The molecule has 0 aliphatic rings. The van der Waals surface area contributed by atoms with Gasteiger partial charge in [0.1, 0.15) is 0 Å². The number of nitrogens with zero attached hydrogens (tertiary/aromatic N) is 2. The quantitative estimate of drug-likeness (QED) is 0.310. The molecular formula is C28H20ClN3O. The molecule has 160 valence electrons. The lowest BCUT2D eigenvalue weighted by Crippen LogP contribution is -2.13. The second-order valence-corrected chi connectivity index (χ2v) is 8.00. The smallest absolute Gasteiger partial charge is 0.276 e. The molecule has 33 heavy (non-hydrogen) atoms. The molecule has 0 saturated heterocycles. The average Bonchev–Trinajstić information content (AvgIpc) is 3.32. The molecule has 5 rings (SSSR count). The van der Waals surface area contributed by atoms with Crippen LogP contribution < -0.4 is 5.32 Å². The summed E-state index contributed by atoms with van der Waals surface area (Å²) in [6.07, 6.45) is 0. The highest BCUT2D eigenvalue weighted by atomic mass is 35.5. The van der Waals surface area contributed by atoms with Crippen molar-refractivity contribution < 1.29 is 4.79 Å². The molecule has 0 bridgehead atoms. The Balaban J connectivity index is 1.51. The lowest BCUT2D eigenvalue weighted by molar-refractivity contribution is 0.102. The van der Waals surface area contributed by atoms with E-state index in [9.17, 15) is 4.79 Å². The van der Waals surface area contributed by atoms with Crippen molar-refractivity contribution in [3.63, 3.8) is 0 Å². The normalized spacial score (nSPS) is 10.7. The summed E-state index contributed by atoms with van der Waals surface area (Å²) in [4.78, 5) is 12.9. The van der Waals surface area contributed by atoms with Crippen LogP contribution in [0, 0.1) is 0 Å². The maximum absolute atomic E-state index is 12.9. The number of aromatic nitrogens is 2. The van der Waals surface area contributed by atoms with E-state index in [1.54, 1.807) is 28.9 Å². The molecular weight excluding hydrogens is 430 g/mol. The fourth-order valence-corrected chi connectivity index (χ4v) is 3.78. The van der Waals surface area contributed by atoms with Crippen LogP contribution in [-0.2, 0) is 0 Å². The van der Waals surface area contributed by atoms with Crippen LogP contribution in [0.4, 0.5) is 5.69 Å². The zero-order chi connectivity index (χ0) is 22.6. The van der Waals surface area contributed by atoms with Crippen molar-refractivity contribution in [3.8, 4) is 28.1 Å². The van der Waals surface area contributed by atoms with Crippen LogP contribution in [0.15, 0.2) is 115 Å². The summed E-state index contributed by atoms with van der Waals surface area (Å²) in [5.74, 6) is -0.283. The molecule has 4 aromatic carbocycles. The fraction of sp³-hybridized carbons (Fsp3) is 0. The van der Waals surface area contributed by atoms with Crippen LogP contribution in [0.1, 0.15) is 10.5 Å². The maximum Gasteiger partial charge on any atom is 0.276 e. The summed E-state index contributed by atoms with van der Waals surface area (Å²) in [5, 5.41) is 8.13. The predicted octanol–water partition coefficient (Wildman–Crippen LogP) is 7.11. The summed E-state index contributed by atoms with van der Waals surface area (Å²) < 4.78 is 1.80. The first-order valence-electron chi connectivity index (χ1n) is 10.6. The molecule has 0 spiro atoms. The van der Waals surface area contributed by atoms with Gasteiger partial charge in [0.25, 0.3) is 5.91 Å². The fourth-order valence-electron chi connectivity index (χ4n) is 3.66. The number of anilines is 1. The molecule has 0 aliphatic carbocycles. The van der Waals surface area contributed by atoms with E-state index in [-0.39, 0.29) is 5.91 Å². The average molecular weight is 450 g/mol. The Morgan fingerprint density at radius 1 is 0.697 bits per heavy atom. The zero-order valence-electron chi connectivity index (χ0n) is 17.7. The van der Waals surface area contributed by atoms with Crippen molar-refractivity contribution in [2.75, 3.05) is 5.32 Å². The van der Waals surface area contributed by atoms with Crippen molar-refractivity contribution in [1.29, 1.82) is 0 Å². The highest BCUT2D eigenvalue weighted by Crippen LogP contribution is 2.28. The Hall–Kier alpha value is -4.15. The molecule has 0 atom stereocenters. The number of hydrogen-bond acceptors (Lipinski definition) is 2. The minimum absolute atomic E-state index is 0.283. The molecule has 1 amide bonds. The number of amides is 1. The Morgan fingerprint density at radius 3 is 1.94 bits per heavy atom. The molecule has 0 fully saturated rings. The predicted molar refractivity (Wildman–Crippen MR) is 134 cm³/mol.